The van der Waals surface area contributed by atoms with Gasteiger partial charge in [-0.25, -0.2) is 0 Å². The molecule has 2 rings (SSSR count). The van der Waals surface area contributed by atoms with Gasteiger partial charge in [0.15, 0.2) is 0 Å². The van der Waals surface area contributed by atoms with Gasteiger partial charge >= 0.3 is 0 Å². The van der Waals surface area contributed by atoms with Crippen LogP contribution >= 0.6 is 22.9 Å². The van der Waals surface area contributed by atoms with Crippen LogP contribution in [0.25, 0.3) is 0 Å². The van der Waals surface area contributed by atoms with E-state index >= 15 is 0 Å². The summed E-state index contributed by atoms with van der Waals surface area (Å²) in [6.45, 7) is 2.42. The van der Waals surface area contributed by atoms with Crippen LogP contribution in [0.2, 0.25) is 5.02 Å². The first-order valence-corrected chi connectivity index (χ1v) is 7.84. The van der Waals surface area contributed by atoms with E-state index in [0.29, 0.717) is 22.9 Å². The fourth-order valence-electron chi connectivity index (χ4n) is 1.83. The van der Waals surface area contributed by atoms with E-state index in [1.807, 2.05) is 23.8 Å². The minimum atomic E-state index is -0.719. The van der Waals surface area contributed by atoms with Crippen molar-refractivity contribution in [1.82, 2.24) is 5.32 Å². The molecule has 112 valence electrons. The van der Waals surface area contributed by atoms with Gasteiger partial charge in [-0.15, -0.1) is 0 Å². The molecule has 0 saturated heterocycles. The summed E-state index contributed by atoms with van der Waals surface area (Å²) < 4.78 is 5.41. The first kappa shape index (κ1) is 15.8. The summed E-state index contributed by atoms with van der Waals surface area (Å²) in [7, 11) is 0. The highest BCUT2D eigenvalue weighted by Crippen LogP contribution is 2.23. The van der Waals surface area contributed by atoms with E-state index in [1.54, 1.807) is 18.2 Å². The molecule has 1 aromatic heterocycles. The number of carbonyl (C=O) groups is 1. The van der Waals surface area contributed by atoms with Crippen molar-refractivity contribution in [1.29, 1.82) is 0 Å². The fourth-order valence-corrected chi connectivity index (χ4v) is 2.69. The molecular formula is C15H16ClNO3S. The quantitative estimate of drug-likeness (QED) is 0.857. The van der Waals surface area contributed by atoms with Gasteiger partial charge in [0.1, 0.15) is 5.75 Å². The van der Waals surface area contributed by atoms with E-state index in [2.05, 4.69) is 5.32 Å². The summed E-state index contributed by atoms with van der Waals surface area (Å²) in [5.41, 5.74) is 1.19. The molecule has 2 aromatic rings. The van der Waals surface area contributed by atoms with Crippen molar-refractivity contribution in [3.63, 3.8) is 0 Å². The normalized spacial score (nSPS) is 12.0. The largest absolute Gasteiger partial charge is 0.493 e. The summed E-state index contributed by atoms with van der Waals surface area (Å²) >= 11 is 7.40. The number of nitrogens with one attached hydrogen (secondary N) is 1. The third-order valence-corrected chi connectivity index (χ3v) is 3.81. The van der Waals surface area contributed by atoms with Gasteiger partial charge in [0.25, 0.3) is 5.91 Å². The number of ether oxygens (including phenoxy) is 1. The topological polar surface area (TPSA) is 58.6 Å². The molecule has 0 saturated carbocycles. The van der Waals surface area contributed by atoms with E-state index in [4.69, 9.17) is 16.3 Å². The van der Waals surface area contributed by atoms with Crippen LogP contribution in [-0.2, 0) is 0 Å². The van der Waals surface area contributed by atoms with Crippen LogP contribution in [0.5, 0.6) is 5.75 Å². The lowest BCUT2D eigenvalue weighted by molar-refractivity contribution is 0.0913. The van der Waals surface area contributed by atoms with Crippen LogP contribution < -0.4 is 10.1 Å². The Morgan fingerprint density at radius 1 is 1.48 bits per heavy atom. The van der Waals surface area contributed by atoms with Crippen molar-refractivity contribution in [2.75, 3.05) is 13.2 Å². The number of amides is 1. The predicted octanol–water partition coefficient (Wildman–Crippen LogP) is 3.26. The summed E-state index contributed by atoms with van der Waals surface area (Å²) in [4.78, 5) is 12.2. The number of halogens is 1. The summed E-state index contributed by atoms with van der Waals surface area (Å²) in [5.74, 6) is 0.136. The second kappa shape index (κ2) is 7.45. The lowest BCUT2D eigenvalue weighted by Crippen LogP contribution is -2.28. The molecule has 0 radical (unpaired) electrons. The number of benzene rings is 1. The molecule has 0 bridgehead atoms. The highest BCUT2D eigenvalue weighted by Gasteiger charge is 2.15. The Morgan fingerprint density at radius 2 is 2.29 bits per heavy atom. The minimum Gasteiger partial charge on any atom is -0.493 e. The molecule has 0 fully saturated rings. The van der Waals surface area contributed by atoms with Crippen LogP contribution in [0, 0.1) is 0 Å². The number of carbonyl (C=O) groups excluding carboxylic acids is 1. The van der Waals surface area contributed by atoms with E-state index in [1.165, 1.54) is 11.3 Å². The number of rotatable bonds is 6. The second-order valence-corrected chi connectivity index (χ2v) is 5.57. The first-order chi connectivity index (χ1) is 10.1. The molecule has 4 nitrogen and oxygen atoms in total. The molecule has 0 aliphatic heterocycles. The van der Waals surface area contributed by atoms with E-state index in [-0.39, 0.29) is 12.5 Å². The Kier molecular flexibility index (Phi) is 5.61. The highest BCUT2D eigenvalue weighted by molar-refractivity contribution is 7.07. The van der Waals surface area contributed by atoms with Crippen LogP contribution in [0.15, 0.2) is 35.0 Å². The molecule has 2 N–H and O–H groups in total. The van der Waals surface area contributed by atoms with Crippen molar-refractivity contribution in [2.24, 2.45) is 0 Å². The highest BCUT2D eigenvalue weighted by atomic mass is 35.5. The average Bonchev–Trinajstić information content (AvgIpc) is 2.99. The molecular weight excluding hydrogens is 310 g/mol. The standard InChI is InChI=1S/C15H16ClNO3S/c1-2-20-14-7-11(16)3-4-12(14)15(19)17-8-13(18)10-5-6-21-9-10/h3-7,9,13,18H,2,8H2,1H3,(H,17,19). The Morgan fingerprint density at radius 3 is 2.95 bits per heavy atom. The molecule has 1 atom stereocenters. The second-order valence-electron chi connectivity index (χ2n) is 4.36. The number of hydrogen-bond acceptors (Lipinski definition) is 4. The van der Waals surface area contributed by atoms with Gasteiger partial charge < -0.3 is 15.2 Å². The smallest absolute Gasteiger partial charge is 0.255 e. The van der Waals surface area contributed by atoms with E-state index < -0.39 is 6.10 Å². The Hall–Kier alpha value is -1.56. The molecule has 0 aliphatic carbocycles. The van der Waals surface area contributed by atoms with Crippen molar-refractivity contribution < 1.29 is 14.6 Å². The lowest BCUT2D eigenvalue weighted by atomic mass is 10.1. The summed E-state index contributed by atoms with van der Waals surface area (Å²) in [6, 6.07) is 6.68. The number of aliphatic hydroxyl groups is 1. The van der Waals surface area contributed by atoms with Gasteiger partial charge in [-0.1, -0.05) is 11.6 Å². The number of thiophene rings is 1. The lowest BCUT2D eigenvalue weighted by Gasteiger charge is -2.13. The zero-order valence-corrected chi connectivity index (χ0v) is 13.1. The molecule has 1 heterocycles. The van der Waals surface area contributed by atoms with Crippen LogP contribution in [0.4, 0.5) is 0 Å². The molecule has 1 aromatic carbocycles. The van der Waals surface area contributed by atoms with E-state index in [0.717, 1.165) is 5.56 Å². The van der Waals surface area contributed by atoms with E-state index in [9.17, 15) is 9.90 Å². The summed E-state index contributed by atoms with van der Waals surface area (Å²) in [6.07, 6.45) is -0.719. The van der Waals surface area contributed by atoms with Gasteiger partial charge in [-0.05, 0) is 47.5 Å². The Labute approximate surface area is 132 Å². The number of hydrogen-bond donors (Lipinski definition) is 2. The van der Waals surface area contributed by atoms with Crippen LogP contribution in [-0.4, -0.2) is 24.2 Å². The zero-order valence-electron chi connectivity index (χ0n) is 11.5. The molecule has 1 unspecified atom stereocenters. The zero-order chi connectivity index (χ0) is 15.2. The SMILES string of the molecule is CCOc1cc(Cl)ccc1C(=O)NCC(O)c1ccsc1. The fraction of sp³-hybridized carbons (Fsp3) is 0.267. The van der Waals surface area contributed by atoms with Crippen LogP contribution in [0.1, 0.15) is 28.9 Å². The van der Waals surface area contributed by atoms with Crippen molar-refractivity contribution >= 4 is 28.8 Å². The predicted molar refractivity (Wildman–Crippen MR) is 84.2 cm³/mol. The third kappa shape index (κ3) is 4.20. The van der Waals surface area contributed by atoms with Gasteiger partial charge in [-0.2, -0.15) is 11.3 Å². The maximum Gasteiger partial charge on any atom is 0.255 e. The Balaban J connectivity index is 2.03. The van der Waals surface area contributed by atoms with Crippen LogP contribution in [0.3, 0.4) is 0 Å². The first-order valence-electron chi connectivity index (χ1n) is 6.52. The maximum atomic E-state index is 12.2. The molecule has 0 aliphatic rings. The van der Waals surface area contributed by atoms with Gasteiger partial charge in [0.2, 0.25) is 0 Å². The monoisotopic (exact) mass is 325 g/mol. The average molecular weight is 326 g/mol. The molecule has 1 amide bonds. The van der Waals surface area contributed by atoms with Gasteiger partial charge in [0, 0.05) is 11.6 Å². The van der Waals surface area contributed by atoms with Crippen molar-refractivity contribution in [3.8, 4) is 5.75 Å². The van der Waals surface area contributed by atoms with Crippen molar-refractivity contribution in [2.45, 2.75) is 13.0 Å². The molecule has 21 heavy (non-hydrogen) atoms. The molecule has 0 spiro atoms. The number of aliphatic hydroxyl groups excluding tert-OH is 1. The summed E-state index contributed by atoms with van der Waals surface area (Å²) in [5, 5.41) is 16.9. The van der Waals surface area contributed by atoms with Gasteiger partial charge in [-0.3, -0.25) is 4.79 Å². The Bertz CT molecular complexity index is 601. The third-order valence-electron chi connectivity index (χ3n) is 2.87. The van der Waals surface area contributed by atoms with Crippen molar-refractivity contribution in [3.05, 3.63) is 51.2 Å². The van der Waals surface area contributed by atoms with Gasteiger partial charge in [0.05, 0.1) is 18.3 Å². The minimum absolute atomic E-state index is 0.143. The maximum absolute atomic E-state index is 12.2. The molecule has 6 heteroatoms.